The maximum atomic E-state index is 10.1. The highest BCUT2D eigenvalue weighted by molar-refractivity contribution is 6.30. The zero-order chi connectivity index (χ0) is 17.4. The van der Waals surface area contributed by atoms with Crippen LogP contribution in [0.4, 0.5) is 0 Å². The Bertz CT molecular complexity index is 1080. The molecule has 0 saturated carbocycles. The van der Waals surface area contributed by atoms with Crippen molar-refractivity contribution in [2.75, 3.05) is 0 Å². The van der Waals surface area contributed by atoms with Gasteiger partial charge in [0.2, 0.25) is 0 Å². The van der Waals surface area contributed by atoms with Gasteiger partial charge in [-0.1, -0.05) is 29.8 Å². The molecule has 122 valence electrons. The third-order valence-corrected chi connectivity index (χ3v) is 4.15. The van der Waals surface area contributed by atoms with Crippen molar-refractivity contribution in [2.45, 2.75) is 0 Å². The Labute approximate surface area is 149 Å². The Kier molecular flexibility index (Phi) is 3.75. The van der Waals surface area contributed by atoms with Crippen LogP contribution in [0.5, 0.6) is 11.5 Å². The summed E-state index contributed by atoms with van der Waals surface area (Å²) in [6.45, 7) is 0. The highest BCUT2D eigenvalue weighted by atomic mass is 35.5. The van der Waals surface area contributed by atoms with Gasteiger partial charge in [-0.3, -0.25) is 0 Å². The van der Waals surface area contributed by atoms with Crippen LogP contribution in [0.1, 0.15) is 0 Å². The number of fused-ring (bicyclic) bond motifs is 1. The zero-order valence-electron chi connectivity index (χ0n) is 13.0. The second kappa shape index (κ2) is 6.07. The average Bonchev–Trinajstić information content (AvgIpc) is 2.62. The molecule has 0 atom stereocenters. The van der Waals surface area contributed by atoms with E-state index in [2.05, 4.69) is 4.98 Å². The smallest absolute Gasteiger partial charge is 0.143 e. The first kappa shape index (κ1) is 15.4. The van der Waals surface area contributed by atoms with E-state index < -0.39 is 0 Å². The number of para-hydroxylation sites is 1. The molecule has 0 spiro atoms. The summed E-state index contributed by atoms with van der Waals surface area (Å²) >= 11 is 6.13. The van der Waals surface area contributed by atoms with Gasteiger partial charge in [-0.15, -0.1) is 0 Å². The highest BCUT2D eigenvalue weighted by Crippen LogP contribution is 2.34. The molecule has 0 aliphatic carbocycles. The number of nitrogens with zero attached hydrogens (tertiary/aromatic N) is 2. The molecular weight excluding hydrogens is 336 g/mol. The van der Waals surface area contributed by atoms with Crippen molar-refractivity contribution in [2.24, 2.45) is 0 Å². The fraction of sp³-hybridized carbons (Fsp3) is 0. The molecule has 4 nitrogen and oxygen atoms in total. The maximum Gasteiger partial charge on any atom is 0.143 e. The zero-order valence-corrected chi connectivity index (χ0v) is 13.8. The largest absolute Gasteiger partial charge is 0.508 e. The average molecular weight is 349 g/mol. The molecule has 2 N–H and O–H groups in total. The molecule has 0 saturated heterocycles. The lowest BCUT2D eigenvalue weighted by Gasteiger charge is -2.11. The summed E-state index contributed by atoms with van der Waals surface area (Å²) in [7, 11) is 0. The molecule has 1 heterocycles. The SMILES string of the molecule is Oc1ccc(-c2nc3cccc(O)c3nc2-c2cccc(Cl)c2)cc1. The van der Waals surface area contributed by atoms with E-state index >= 15 is 0 Å². The van der Waals surface area contributed by atoms with Crippen LogP contribution in [0.3, 0.4) is 0 Å². The van der Waals surface area contributed by atoms with E-state index in [1.165, 1.54) is 0 Å². The molecular formula is C20H13ClN2O2. The number of hydrogen-bond acceptors (Lipinski definition) is 4. The van der Waals surface area contributed by atoms with Crippen molar-refractivity contribution in [3.63, 3.8) is 0 Å². The lowest BCUT2D eigenvalue weighted by Crippen LogP contribution is -1.95. The molecule has 0 aliphatic rings. The van der Waals surface area contributed by atoms with Gasteiger partial charge in [-0.25, -0.2) is 9.97 Å². The van der Waals surface area contributed by atoms with Crippen LogP contribution in [0, 0.1) is 0 Å². The van der Waals surface area contributed by atoms with Crippen molar-refractivity contribution in [3.8, 4) is 34.0 Å². The quantitative estimate of drug-likeness (QED) is 0.533. The summed E-state index contributed by atoms with van der Waals surface area (Å²) in [5, 5.41) is 20.3. The van der Waals surface area contributed by atoms with E-state index in [-0.39, 0.29) is 11.5 Å². The molecule has 25 heavy (non-hydrogen) atoms. The predicted molar refractivity (Wildman–Crippen MR) is 98.7 cm³/mol. The monoisotopic (exact) mass is 348 g/mol. The van der Waals surface area contributed by atoms with Gasteiger partial charge < -0.3 is 10.2 Å². The second-order valence-electron chi connectivity index (χ2n) is 5.62. The molecule has 4 rings (SSSR count). The summed E-state index contributed by atoms with van der Waals surface area (Å²) in [5.41, 5.74) is 3.90. The normalized spacial score (nSPS) is 10.9. The van der Waals surface area contributed by atoms with Gasteiger partial charge in [-0.2, -0.15) is 0 Å². The van der Waals surface area contributed by atoms with Gasteiger partial charge in [0.15, 0.2) is 0 Å². The van der Waals surface area contributed by atoms with Gasteiger partial charge >= 0.3 is 0 Å². The number of benzene rings is 3. The molecule has 5 heteroatoms. The molecule has 0 radical (unpaired) electrons. The van der Waals surface area contributed by atoms with Crippen LogP contribution in [-0.4, -0.2) is 20.2 Å². The van der Waals surface area contributed by atoms with E-state index in [4.69, 9.17) is 16.6 Å². The Hall–Kier alpha value is -3.11. The summed E-state index contributed by atoms with van der Waals surface area (Å²) in [4.78, 5) is 9.35. The van der Waals surface area contributed by atoms with Crippen LogP contribution < -0.4 is 0 Å². The summed E-state index contributed by atoms with van der Waals surface area (Å²) in [5.74, 6) is 0.255. The Morgan fingerprint density at radius 3 is 2.20 bits per heavy atom. The maximum absolute atomic E-state index is 10.1. The van der Waals surface area contributed by atoms with E-state index in [0.29, 0.717) is 27.4 Å². The fourth-order valence-corrected chi connectivity index (χ4v) is 2.91. The van der Waals surface area contributed by atoms with Crippen molar-refractivity contribution >= 4 is 22.6 Å². The van der Waals surface area contributed by atoms with E-state index in [9.17, 15) is 10.2 Å². The summed E-state index contributed by atoms with van der Waals surface area (Å²) in [6.07, 6.45) is 0. The number of rotatable bonds is 2. The molecule has 0 fully saturated rings. The molecule has 0 bridgehead atoms. The number of hydrogen-bond donors (Lipinski definition) is 2. The minimum absolute atomic E-state index is 0.0746. The van der Waals surface area contributed by atoms with Crippen molar-refractivity contribution in [1.29, 1.82) is 0 Å². The van der Waals surface area contributed by atoms with E-state index in [1.54, 1.807) is 54.6 Å². The van der Waals surface area contributed by atoms with Gasteiger partial charge in [0.1, 0.15) is 17.0 Å². The minimum atomic E-state index is 0.0746. The first-order valence-corrected chi connectivity index (χ1v) is 8.05. The first-order valence-electron chi connectivity index (χ1n) is 7.67. The van der Waals surface area contributed by atoms with Crippen LogP contribution in [0.25, 0.3) is 33.5 Å². The number of halogens is 1. The Morgan fingerprint density at radius 2 is 1.44 bits per heavy atom. The lowest BCUT2D eigenvalue weighted by molar-refractivity contribution is 0.475. The Balaban J connectivity index is 2.05. The second-order valence-corrected chi connectivity index (χ2v) is 6.06. The van der Waals surface area contributed by atoms with Gasteiger partial charge in [0.25, 0.3) is 0 Å². The van der Waals surface area contributed by atoms with Gasteiger partial charge in [0, 0.05) is 16.1 Å². The molecule has 1 aromatic heterocycles. The Morgan fingerprint density at radius 1 is 0.720 bits per heavy atom. The highest BCUT2D eigenvalue weighted by Gasteiger charge is 2.15. The van der Waals surface area contributed by atoms with Crippen molar-refractivity contribution < 1.29 is 10.2 Å². The third kappa shape index (κ3) is 2.88. The van der Waals surface area contributed by atoms with Crippen LogP contribution >= 0.6 is 11.6 Å². The van der Waals surface area contributed by atoms with Crippen LogP contribution in [0.15, 0.2) is 66.7 Å². The molecule has 0 aliphatic heterocycles. The molecule has 3 aromatic carbocycles. The number of aromatic nitrogens is 2. The third-order valence-electron chi connectivity index (χ3n) is 3.91. The van der Waals surface area contributed by atoms with Crippen molar-refractivity contribution in [1.82, 2.24) is 9.97 Å². The van der Waals surface area contributed by atoms with Crippen molar-refractivity contribution in [3.05, 3.63) is 71.8 Å². The summed E-state index contributed by atoms with van der Waals surface area (Å²) < 4.78 is 0. The minimum Gasteiger partial charge on any atom is -0.508 e. The standard InChI is InChI=1S/C20H13ClN2O2/c21-14-4-1-3-13(11-14)19-18(12-7-9-15(24)10-8-12)22-16-5-2-6-17(25)20(16)23-19/h1-11,24-25H. The number of phenols is 2. The fourth-order valence-electron chi connectivity index (χ4n) is 2.72. The first-order chi connectivity index (χ1) is 12.1. The van der Waals surface area contributed by atoms with E-state index in [0.717, 1.165) is 11.1 Å². The summed E-state index contributed by atoms with van der Waals surface area (Å²) in [6, 6.07) is 19.2. The van der Waals surface area contributed by atoms with E-state index in [1.807, 2.05) is 12.1 Å². The van der Waals surface area contributed by atoms with Crippen LogP contribution in [-0.2, 0) is 0 Å². The van der Waals surface area contributed by atoms with Crippen LogP contribution in [0.2, 0.25) is 5.02 Å². The lowest BCUT2D eigenvalue weighted by atomic mass is 10.0. The molecule has 0 amide bonds. The van der Waals surface area contributed by atoms with Gasteiger partial charge in [0.05, 0.1) is 16.9 Å². The number of aromatic hydroxyl groups is 2. The topological polar surface area (TPSA) is 66.2 Å². The number of phenolic OH excluding ortho intramolecular Hbond substituents is 2. The predicted octanol–water partition coefficient (Wildman–Crippen LogP) is 5.03. The van der Waals surface area contributed by atoms with Gasteiger partial charge in [-0.05, 0) is 48.5 Å². The molecule has 0 unspecified atom stereocenters. The molecule has 4 aromatic rings.